The second-order valence-corrected chi connectivity index (χ2v) is 8.29. The fourth-order valence-corrected chi connectivity index (χ4v) is 5.43. The third kappa shape index (κ3) is 3.48. The van der Waals surface area contributed by atoms with E-state index in [1.807, 2.05) is 30.0 Å². The van der Waals surface area contributed by atoms with Crippen LogP contribution in [0.2, 0.25) is 0 Å². The number of hydrogen-bond acceptors (Lipinski definition) is 3. The molecule has 2 aliphatic rings. The zero-order chi connectivity index (χ0) is 17.9. The van der Waals surface area contributed by atoms with Crippen molar-refractivity contribution < 1.29 is 9.53 Å². The van der Waals surface area contributed by atoms with E-state index in [1.165, 1.54) is 4.90 Å². The minimum absolute atomic E-state index is 0.0357. The highest BCUT2D eigenvalue weighted by Crippen LogP contribution is 2.42. The highest BCUT2D eigenvalue weighted by Gasteiger charge is 2.44. The lowest BCUT2D eigenvalue weighted by Gasteiger charge is -2.40. The van der Waals surface area contributed by atoms with Crippen molar-refractivity contribution in [2.24, 2.45) is 5.92 Å². The normalized spacial score (nSPS) is 25.2. The van der Waals surface area contributed by atoms with Gasteiger partial charge in [0.15, 0.2) is 0 Å². The number of fused-ring (bicyclic) bond motifs is 1. The average Bonchev–Trinajstić information content (AvgIpc) is 3.16. The van der Waals surface area contributed by atoms with Crippen molar-refractivity contribution in [3.63, 3.8) is 0 Å². The third-order valence-corrected chi connectivity index (χ3v) is 6.86. The van der Waals surface area contributed by atoms with Gasteiger partial charge < -0.3 is 9.64 Å². The molecule has 0 spiro atoms. The largest absolute Gasteiger partial charge is 0.497 e. The smallest absolute Gasteiger partial charge is 0.230 e. The number of methoxy groups -OCH3 is 1. The molecule has 2 unspecified atom stereocenters. The van der Waals surface area contributed by atoms with E-state index in [0.29, 0.717) is 17.9 Å². The Morgan fingerprint density at radius 3 is 2.62 bits per heavy atom. The monoisotopic (exact) mass is 367 g/mol. The molecule has 0 radical (unpaired) electrons. The van der Waals surface area contributed by atoms with E-state index in [2.05, 4.69) is 41.3 Å². The summed E-state index contributed by atoms with van der Waals surface area (Å²) in [6, 6.07) is 19.0. The Hall–Kier alpha value is -1.94. The van der Waals surface area contributed by atoms with Gasteiger partial charge in [-0.1, -0.05) is 30.3 Å². The molecule has 2 fully saturated rings. The first kappa shape index (κ1) is 17.5. The molecule has 26 heavy (non-hydrogen) atoms. The lowest BCUT2D eigenvalue weighted by atomic mass is 9.78. The molecule has 3 atom stereocenters. The SMILES string of the molecule is COc1ccc(C2C(=O)N3CCC[C@H]3CC2CSc2ccccc2)cc1. The molecule has 3 nitrogen and oxygen atoms in total. The fraction of sp³-hybridized carbons (Fsp3) is 0.409. The quantitative estimate of drug-likeness (QED) is 0.725. The molecule has 4 heteroatoms. The van der Waals surface area contributed by atoms with Crippen molar-refractivity contribution in [2.45, 2.75) is 36.1 Å². The first-order valence-corrected chi connectivity index (χ1v) is 10.4. The summed E-state index contributed by atoms with van der Waals surface area (Å²) < 4.78 is 5.29. The van der Waals surface area contributed by atoms with Crippen LogP contribution in [0.4, 0.5) is 0 Å². The topological polar surface area (TPSA) is 29.5 Å². The van der Waals surface area contributed by atoms with Gasteiger partial charge in [0.25, 0.3) is 0 Å². The van der Waals surface area contributed by atoms with Gasteiger partial charge in [0.05, 0.1) is 13.0 Å². The third-order valence-electron chi connectivity index (χ3n) is 5.65. The predicted molar refractivity (Wildman–Crippen MR) is 106 cm³/mol. The number of amides is 1. The van der Waals surface area contributed by atoms with Crippen molar-refractivity contribution in [1.82, 2.24) is 4.90 Å². The Labute approximate surface area is 159 Å². The van der Waals surface area contributed by atoms with Gasteiger partial charge in [0, 0.05) is 23.2 Å². The zero-order valence-corrected chi connectivity index (χ0v) is 16.0. The van der Waals surface area contributed by atoms with E-state index in [-0.39, 0.29) is 5.92 Å². The van der Waals surface area contributed by atoms with Crippen LogP contribution in [-0.4, -0.2) is 36.3 Å². The van der Waals surface area contributed by atoms with Crippen molar-refractivity contribution in [2.75, 3.05) is 19.4 Å². The highest BCUT2D eigenvalue weighted by atomic mass is 32.2. The molecular formula is C22H25NO2S. The Morgan fingerprint density at radius 2 is 1.88 bits per heavy atom. The number of carbonyl (C=O) groups excluding carboxylic acids is 1. The molecule has 0 saturated carbocycles. The Kier molecular flexibility index (Phi) is 5.21. The summed E-state index contributed by atoms with van der Waals surface area (Å²) in [6.45, 7) is 0.925. The number of benzene rings is 2. The number of carbonyl (C=O) groups is 1. The molecule has 0 aromatic heterocycles. The molecule has 0 N–H and O–H groups in total. The minimum atomic E-state index is -0.0357. The molecule has 0 bridgehead atoms. The van der Waals surface area contributed by atoms with Crippen LogP contribution in [0.15, 0.2) is 59.5 Å². The summed E-state index contributed by atoms with van der Waals surface area (Å²) in [6.07, 6.45) is 3.42. The molecule has 2 aliphatic heterocycles. The van der Waals surface area contributed by atoms with Gasteiger partial charge in [-0.05, 0) is 55.0 Å². The maximum Gasteiger partial charge on any atom is 0.230 e. The standard InChI is InChI=1S/C22H25NO2S/c1-25-19-11-9-16(10-12-19)21-17(15-26-20-7-3-2-4-8-20)14-18-6-5-13-23(18)22(21)24/h2-4,7-12,17-18,21H,5-6,13-15H2,1H3/t17?,18-,21?/m0/s1. The highest BCUT2D eigenvalue weighted by molar-refractivity contribution is 7.99. The van der Waals surface area contributed by atoms with Crippen molar-refractivity contribution >= 4 is 17.7 Å². The second-order valence-electron chi connectivity index (χ2n) is 7.20. The second kappa shape index (κ2) is 7.75. The molecule has 2 aromatic carbocycles. The van der Waals surface area contributed by atoms with E-state index in [0.717, 1.165) is 42.9 Å². The Balaban J connectivity index is 1.58. The van der Waals surface area contributed by atoms with Gasteiger partial charge in [-0.15, -0.1) is 11.8 Å². The fourth-order valence-electron chi connectivity index (χ4n) is 4.35. The Morgan fingerprint density at radius 1 is 1.12 bits per heavy atom. The molecule has 4 rings (SSSR count). The first-order chi connectivity index (χ1) is 12.8. The number of piperidine rings is 1. The number of rotatable bonds is 5. The van der Waals surface area contributed by atoms with Crippen LogP contribution in [0.3, 0.4) is 0 Å². The van der Waals surface area contributed by atoms with Crippen LogP contribution in [0.5, 0.6) is 5.75 Å². The number of thioether (sulfide) groups is 1. The van der Waals surface area contributed by atoms with Gasteiger partial charge in [-0.25, -0.2) is 0 Å². The van der Waals surface area contributed by atoms with E-state index in [4.69, 9.17) is 4.74 Å². The summed E-state index contributed by atoms with van der Waals surface area (Å²) >= 11 is 1.87. The van der Waals surface area contributed by atoms with Crippen molar-refractivity contribution in [1.29, 1.82) is 0 Å². The summed E-state index contributed by atoms with van der Waals surface area (Å²) in [5.74, 6) is 2.48. The van der Waals surface area contributed by atoms with Gasteiger partial charge in [0.1, 0.15) is 5.75 Å². The van der Waals surface area contributed by atoms with Crippen LogP contribution < -0.4 is 4.74 Å². The molecule has 2 saturated heterocycles. The van der Waals surface area contributed by atoms with Crippen LogP contribution in [0.25, 0.3) is 0 Å². The maximum absolute atomic E-state index is 13.3. The number of hydrogen-bond donors (Lipinski definition) is 0. The lowest BCUT2D eigenvalue weighted by Crippen LogP contribution is -2.47. The molecule has 136 valence electrons. The molecule has 1 amide bonds. The van der Waals surface area contributed by atoms with Crippen molar-refractivity contribution in [3.8, 4) is 5.75 Å². The van der Waals surface area contributed by atoms with Crippen LogP contribution in [-0.2, 0) is 4.79 Å². The van der Waals surface area contributed by atoms with Crippen LogP contribution in [0, 0.1) is 5.92 Å². The minimum Gasteiger partial charge on any atom is -0.497 e. The predicted octanol–water partition coefficient (Wildman–Crippen LogP) is 4.58. The molecule has 0 aliphatic carbocycles. The summed E-state index contributed by atoms with van der Waals surface area (Å²) in [5, 5.41) is 0. The van der Waals surface area contributed by atoms with E-state index in [9.17, 15) is 4.79 Å². The van der Waals surface area contributed by atoms with Gasteiger partial charge in [-0.3, -0.25) is 4.79 Å². The number of nitrogens with zero attached hydrogens (tertiary/aromatic N) is 1. The van der Waals surface area contributed by atoms with Crippen LogP contribution in [0.1, 0.15) is 30.7 Å². The Bertz CT molecular complexity index is 746. The van der Waals surface area contributed by atoms with Gasteiger partial charge in [-0.2, -0.15) is 0 Å². The van der Waals surface area contributed by atoms with Gasteiger partial charge >= 0.3 is 0 Å². The van der Waals surface area contributed by atoms with Gasteiger partial charge in [0.2, 0.25) is 5.91 Å². The number of ether oxygens (including phenoxy) is 1. The maximum atomic E-state index is 13.3. The summed E-state index contributed by atoms with van der Waals surface area (Å²) in [5.41, 5.74) is 1.12. The van der Waals surface area contributed by atoms with E-state index < -0.39 is 0 Å². The van der Waals surface area contributed by atoms with E-state index in [1.54, 1.807) is 7.11 Å². The lowest BCUT2D eigenvalue weighted by molar-refractivity contribution is -0.138. The van der Waals surface area contributed by atoms with Crippen LogP contribution >= 0.6 is 11.8 Å². The zero-order valence-electron chi connectivity index (χ0n) is 15.1. The van der Waals surface area contributed by atoms with E-state index >= 15 is 0 Å². The molecular weight excluding hydrogens is 342 g/mol. The molecule has 2 aromatic rings. The van der Waals surface area contributed by atoms with Crippen molar-refractivity contribution in [3.05, 3.63) is 60.2 Å². The average molecular weight is 368 g/mol. The first-order valence-electron chi connectivity index (χ1n) is 9.38. The summed E-state index contributed by atoms with van der Waals surface area (Å²) in [7, 11) is 1.68. The summed E-state index contributed by atoms with van der Waals surface area (Å²) in [4.78, 5) is 16.7. The molecule has 2 heterocycles.